The van der Waals surface area contributed by atoms with Crippen molar-refractivity contribution in [3.8, 4) is 0 Å². The first kappa shape index (κ1) is 13.1. The molecule has 2 rings (SSSR count). The van der Waals surface area contributed by atoms with Gasteiger partial charge in [0.15, 0.2) is 0 Å². The Balaban J connectivity index is 2.07. The molecular weight excluding hydrogens is 256 g/mol. The topological polar surface area (TPSA) is 75.4 Å². The van der Waals surface area contributed by atoms with Crippen LogP contribution in [0.5, 0.6) is 0 Å². The molecule has 0 radical (unpaired) electrons. The Hall–Kier alpha value is -1.33. The number of aliphatic hydroxyl groups excluding tert-OH is 1. The molecule has 98 valence electrons. The molecule has 1 fully saturated rings. The van der Waals surface area contributed by atoms with Gasteiger partial charge in [-0.3, -0.25) is 10.1 Å². The highest BCUT2D eigenvalue weighted by Gasteiger charge is 2.19. The fraction of sp³-hybridized carbons (Fsp3) is 0.500. The predicted octanol–water partition coefficient (Wildman–Crippen LogP) is 2.96. The maximum absolute atomic E-state index is 10.7. The third-order valence-electron chi connectivity index (χ3n) is 3.16. The van der Waals surface area contributed by atoms with Crippen molar-refractivity contribution in [1.29, 1.82) is 0 Å². The van der Waals surface area contributed by atoms with Crippen LogP contribution in [0.15, 0.2) is 18.2 Å². The van der Waals surface area contributed by atoms with Crippen LogP contribution in [0, 0.1) is 10.1 Å². The van der Waals surface area contributed by atoms with Crippen molar-refractivity contribution in [3.63, 3.8) is 0 Å². The van der Waals surface area contributed by atoms with E-state index in [0.717, 1.165) is 25.7 Å². The minimum atomic E-state index is -0.457. The molecule has 1 aliphatic carbocycles. The van der Waals surface area contributed by atoms with Crippen molar-refractivity contribution in [2.24, 2.45) is 0 Å². The Kier molecular flexibility index (Phi) is 4.04. The van der Waals surface area contributed by atoms with Gasteiger partial charge in [0.2, 0.25) is 0 Å². The van der Waals surface area contributed by atoms with Crippen molar-refractivity contribution in [2.45, 2.75) is 37.8 Å². The highest BCUT2D eigenvalue weighted by Crippen LogP contribution is 2.27. The molecule has 2 N–H and O–H groups in total. The van der Waals surface area contributed by atoms with Crippen LogP contribution >= 0.6 is 11.6 Å². The van der Waals surface area contributed by atoms with Gasteiger partial charge >= 0.3 is 0 Å². The third kappa shape index (κ3) is 3.34. The van der Waals surface area contributed by atoms with E-state index in [1.807, 2.05) is 0 Å². The highest BCUT2D eigenvalue weighted by atomic mass is 35.5. The third-order valence-corrected chi connectivity index (χ3v) is 3.38. The van der Waals surface area contributed by atoms with E-state index in [9.17, 15) is 15.2 Å². The quantitative estimate of drug-likeness (QED) is 0.654. The van der Waals surface area contributed by atoms with E-state index in [0.29, 0.717) is 10.7 Å². The number of hydrogen-bond acceptors (Lipinski definition) is 4. The maximum Gasteiger partial charge on any atom is 0.272 e. The standard InChI is InChI=1S/C12H15ClN2O3/c13-8-5-10(7-11(6-8)15(17)18)14-9-1-3-12(16)4-2-9/h5-7,9,12,14,16H,1-4H2. The number of hydrogen-bond donors (Lipinski definition) is 2. The van der Waals surface area contributed by atoms with Crippen LogP contribution in [-0.2, 0) is 0 Å². The zero-order chi connectivity index (χ0) is 13.1. The molecule has 1 aromatic carbocycles. The Morgan fingerprint density at radius 1 is 1.28 bits per heavy atom. The lowest BCUT2D eigenvalue weighted by Gasteiger charge is -2.27. The van der Waals surface area contributed by atoms with Gasteiger partial charge < -0.3 is 10.4 Å². The van der Waals surface area contributed by atoms with Gasteiger partial charge in [-0.05, 0) is 31.7 Å². The molecule has 18 heavy (non-hydrogen) atoms. The molecule has 0 heterocycles. The first-order chi connectivity index (χ1) is 8.54. The molecule has 1 aromatic rings. The van der Waals surface area contributed by atoms with Gasteiger partial charge in [-0.25, -0.2) is 0 Å². The second-order valence-electron chi connectivity index (χ2n) is 4.60. The summed E-state index contributed by atoms with van der Waals surface area (Å²) in [5.41, 5.74) is 0.649. The summed E-state index contributed by atoms with van der Waals surface area (Å²) in [4.78, 5) is 10.3. The molecular formula is C12H15ClN2O3. The fourth-order valence-electron chi connectivity index (χ4n) is 2.22. The van der Waals surface area contributed by atoms with Crippen LogP contribution in [0.4, 0.5) is 11.4 Å². The van der Waals surface area contributed by atoms with Crippen molar-refractivity contribution in [3.05, 3.63) is 33.3 Å². The summed E-state index contributed by atoms with van der Waals surface area (Å²) >= 11 is 5.85. The average Bonchev–Trinajstić information content (AvgIpc) is 2.31. The zero-order valence-electron chi connectivity index (χ0n) is 9.80. The summed E-state index contributed by atoms with van der Waals surface area (Å²) in [6.45, 7) is 0. The highest BCUT2D eigenvalue weighted by molar-refractivity contribution is 6.31. The zero-order valence-corrected chi connectivity index (χ0v) is 10.6. The van der Waals surface area contributed by atoms with Crippen LogP contribution in [0.2, 0.25) is 5.02 Å². The van der Waals surface area contributed by atoms with Gasteiger partial charge in [0.05, 0.1) is 11.0 Å². The summed E-state index contributed by atoms with van der Waals surface area (Å²) in [6.07, 6.45) is 3.04. The van der Waals surface area contributed by atoms with Gasteiger partial charge in [-0.1, -0.05) is 11.6 Å². The first-order valence-electron chi connectivity index (χ1n) is 5.94. The molecule has 6 heteroatoms. The van der Waals surface area contributed by atoms with Gasteiger partial charge in [-0.2, -0.15) is 0 Å². The largest absolute Gasteiger partial charge is 0.393 e. The van der Waals surface area contributed by atoms with Gasteiger partial charge in [0.25, 0.3) is 5.69 Å². The van der Waals surface area contributed by atoms with Gasteiger partial charge in [-0.15, -0.1) is 0 Å². The minimum Gasteiger partial charge on any atom is -0.393 e. The van der Waals surface area contributed by atoms with Crippen LogP contribution in [-0.4, -0.2) is 22.2 Å². The normalized spacial score (nSPS) is 23.7. The number of nitro groups is 1. The lowest BCUT2D eigenvalue weighted by atomic mass is 9.93. The number of rotatable bonds is 3. The Morgan fingerprint density at radius 3 is 2.56 bits per heavy atom. The number of benzene rings is 1. The second-order valence-corrected chi connectivity index (χ2v) is 5.04. The number of nitrogens with zero attached hydrogens (tertiary/aromatic N) is 1. The van der Waals surface area contributed by atoms with E-state index < -0.39 is 4.92 Å². The van der Waals surface area contributed by atoms with Crippen molar-refractivity contribution < 1.29 is 10.0 Å². The van der Waals surface area contributed by atoms with Crippen LogP contribution < -0.4 is 5.32 Å². The second kappa shape index (κ2) is 5.54. The number of aliphatic hydroxyl groups is 1. The SMILES string of the molecule is O=[N+]([O-])c1cc(Cl)cc(NC2CCC(O)CC2)c1. The predicted molar refractivity (Wildman–Crippen MR) is 70.0 cm³/mol. The Labute approximate surface area is 110 Å². The summed E-state index contributed by atoms with van der Waals surface area (Å²) in [5.74, 6) is 0. The summed E-state index contributed by atoms with van der Waals surface area (Å²) < 4.78 is 0. The van der Waals surface area contributed by atoms with Gasteiger partial charge in [0, 0.05) is 28.9 Å². The molecule has 0 saturated heterocycles. The molecule has 0 bridgehead atoms. The fourth-order valence-corrected chi connectivity index (χ4v) is 2.45. The Bertz CT molecular complexity index is 445. The lowest BCUT2D eigenvalue weighted by Crippen LogP contribution is -2.28. The van der Waals surface area contributed by atoms with Crippen LogP contribution in [0.3, 0.4) is 0 Å². The smallest absolute Gasteiger partial charge is 0.272 e. The van der Waals surface area contributed by atoms with E-state index in [1.165, 1.54) is 12.1 Å². The van der Waals surface area contributed by atoms with Gasteiger partial charge in [0.1, 0.15) is 0 Å². The lowest BCUT2D eigenvalue weighted by molar-refractivity contribution is -0.384. The minimum absolute atomic E-state index is 0.0131. The van der Waals surface area contributed by atoms with Crippen molar-refractivity contribution in [1.82, 2.24) is 0 Å². The van der Waals surface area contributed by atoms with Crippen LogP contribution in [0.1, 0.15) is 25.7 Å². The molecule has 0 atom stereocenters. The van der Waals surface area contributed by atoms with Crippen molar-refractivity contribution in [2.75, 3.05) is 5.32 Å². The number of anilines is 1. The summed E-state index contributed by atoms with van der Waals surface area (Å²) in [6, 6.07) is 4.74. The summed E-state index contributed by atoms with van der Waals surface area (Å²) in [5, 5.41) is 23.7. The van der Waals surface area contributed by atoms with E-state index >= 15 is 0 Å². The van der Waals surface area contributed by atoms with E-state index in [2.05, 4.69) is 5.32 Å². The number of nitrogens with one attached hydrogen (secondary N) is 1. The molecule has 5 nitrogen and oxygen atoms in total. The maximum atomic E-state index is 10.7. The summed E-state index contributed by atoms with van der Waals surface area (Å²) in [7, 11) is 0. The number of nitro benzene ring substituents is 1. The van der Waals surface area contributed by atoms with E-state index in [1.54, 1.807) is 6.07 Å². The molecule has 0 aliphatic heterocycles. The first-order valence-corrected chi connectivity index (χ1v) is 6.32. The number of halogens is 1. The molecule has 1 aliphatic rings. The van der Waals surface area contributed by atoms with E-state index in [4.69, 9.17) is 11.6 Å². The molecule has 0 unspecified atom stereocenters. The monoisotopic (exact) mass is 270 g/mol. The van der Waals surface area contributed by atoms with Crippen LogP contribution in [0.25, 0.3) is 0 Å². The molecule has 0 aromatic heterocycles. The average molecular weight is 271 g/mol. The molecule has 0 spiro atoms. The van der Waals surface area contributed by atoms with E-state index in [-0.39, 0.29) is 17.8 Å². The van der Waals surface area contributed by atoms with Crippen molar-refractivity contribution >= 4 is 23.0 Å². The number of non-ortho nitro benzene ring substituents is 1. The molecule has 1 saturated carbocycles. The Morgan fingerprint density at radius 2 is 1.94 bits per heavy atom. The molecule has 0 amide bonds.